The van der Waals surface area contributed by atoms with Crippen LogP contribution in [0.15, 0.2) is 12.1 Å². The van der Waals surface area contributed by atoms with Crippen LogP contribution in [0.3, 0.4) is 0 Å². The first-order valence-corrected chi connectivity index (χ1v) is 6.71. The first kappa shape index (κ1) is 18.3. The van der Waals surface area contributed by atoms with Gasteiger partial charge in [-0.15, -0.1) is 0 Å². The molecule has 0 spiro atoms. The van der Waals surface area contributed by atoms with E-state index in [1.54, 1.807) is 6.92 Å². The van der Waals surface area contributed by atoms with E-state index in [4.69, 9.17) is 0 Å². The van der Waals surface area contributed by atoms with E-state index in [0.717, 1.165) is 13.0 Å². The van der Waals surface area contributed by atoms with Crippen LogP contribution in [-0.2, 0) is 11.2 Å². The molecule has 0 amide bonds. The largest absolute Gasteiger partial charge is 0.514 e. The summed E-state index contributed by atoms with van der Waals surface area (Å²) in [6.07, 6.45) is -2.11. The summed E-state index contributed by atoms with van der Waals surface area (Å²) >= 11 is 0. The minimum absolute atomic E-state index is 0.185. The molecule has 0 N–H and O–H groups in total. The number of halogens is 1. The highest BCUT2D eigenvalue weighted by Gasteiger charge is 2.32. The summed E-state index contributed by atoms with van der Waals surface area (Å²) in [6.45, 7) is 2.26. The van der Waals surface area contributed by atoms with Crippen molar-refractivity contribution in [1.29, 1.82) is 0 Å². The molecule has 0 aromatic heterocycles. The Morgan fingerprint density at radius 3 is 2.43 bits per heavy atom. The average molecular weight is 330 g/mol. The van der Waals surface area contributed by atoms with Gasteiger partial charge in [-0.05, 0) is 19.4 Å². The Bertz CT molecular complexity index is 619. The quantitative estimate of drug-likeness (QED) is 0.325. The number of nitrogens with zero attached hydrogens (tertiary/aromatic N) is 2. The lowest BCUT2D eigenvalue weighted by molar-refractivity contribution is -0.396. The zero-order valence-electron chi connectivity index (χ0n) is 12.5. The van der Waals surface area contributed by atoms with E-state index < -0.39 is 45.9 Å². The van der Waals surface area contributed by atoms with E-state index in [0.29, 0.717) is 6.42 Å². The Hall–Kier alpha value is -2.78. The van der Waals surface area contributed by atoms with Gasteiger partial charge in [0.15, 0.2) is 0 Å². The molecule has 0 aliphatic carbocycles. The number of carbonyl (C=O) groups excluding carboxylic acids is 1. The SMILES string of the molecule is CCCc1ccc([N+](=O)[O-])c(OC(=O)OCC(C)F)c1[N+](=O)[O-]. The number of hydrogen-bond donors (Lipinski definition) is 0. The van der Waals surface area contributed by atoms with Crippen molar-refractivity contribution in [3.8, 4) is 5.75 Å². The molecule has 9 nitrogen and oxygen atoms in total. The summed E-state index contributed by atoms with van der Waals surface area (Å²) in [4.78, 5) is 31.9. The molecule has 1 aromatic rings. The second-order valence-corrected chi connectivity index (χ2v) is 4.63. The van der Waals surface area contributed by atoms with Gasteiger partial charge in [0.05, 0.1) is 9.85 Å². The fourth-order valence-electron chi connectivity index (χ4n) is 1.81. The fraction of sp³-hybridized carbons (Fsp3) is 0.462. The van der Waals surface area contributed by atoms with Gasteiger partial charge >= 0.3 is 17.5 Å². The van der Waals surface area contributed by atoms with Crippen LogP contribution < -0.4 is 4.74 Å². The van der Waals surface area contributed by atoms with E-state index in [-0.39, 0.29) is 12.0 Å². The molecular weight excluding hydrogens is 315 g/mol. The van der Waals surface area contributed by atoms with E-state index in [1.807, 2.05) is 0 Å². The molecule has 23 heavy (non-hydrogen) atoms. The lowest BCUT2D eigenvalue weighted by Crippen LogP contribution is -2.17. The van der Waals surface area contributed by atoms with E-state index >= 15 is 0 Å². The number of nitro benzene ring substituents is 2. The predicted octanol–water partition coefficient (Wildman–Crippen LogP) is 3.33. The summed E-state index contributed by atoms with van der Waals surface area (Å²) in [5, 5.41) is 22.2. The standard InChI is InChI=1S/C13H15FN2O7/c1-3-4-9-5-6-10(15(18)19)12(11(9)16(20)21)23-13(17)22-7-8(2)14/h5-6,8H,3-4,7H2,1-2H3. The van der Waals surface area contributed by atoms with Crippen LogP contribution >= 0.6 is 0 Å². The highest BCUT2D eigenvalue weighted by atomic mass is 19.1. The van der Waals surface area contributed by atoms with Gasteiger partial charge in [0.2, 0.25) is 0 Å². The number of hydrogen-bond acceptors (Lipinski definition) is 7. The van der Waals surface area contributed by atoms with Crippen LogP contribution in [0.4, 0.5) is 20.6 Å². The summed E-state index contributed by atoms with van der Waals surface area (Å²) < 4.78 is 21.7. The molecule has 0 saturated heterocycles. The van der Waals surface area contributed by atoms with Crippen LogP contribution in [0.1, 0.15) is 25.8 Å². The average Bonchev–Trinajstić information content (AvgIpc) is 2.44. The lowest BCUT2D eigenvalue weighted by Gasteiger charge is -2.09. The molecule has 1 unspecified atom stereocenters. The van der Waals surface area contributed by atoms with Crippen molar-refractivity contribution in [2.75, 3.05) is 6.61 Å². The van der Waals surface area contributed by atoms with E-state index in [1.165, 1.54) is 6.07 Å². The number of aryl methyl sites for hydroxylation is 1. The highest BCUT2D eigenvalue weighted by molar-refractivity contribution is 5.72. The Kier molecular flexibility index (Phi) is 6.36. The molecule has 1 rings (SSSR count). The summed E-state index contributed by atoms with van der Waals surface area (Å²) in [5.41, 5.74) is -1.24. The van der Waals surface area contributed by atoms with Gasteiger partial charge in [-0.3, -0.25) is 20.2 Å². The molecule has 0 aliphatic heterocycles. The molecule has 0 saturated carbocycles. The Morgan fingerprint density at radius 2 is 1.96 bits per heavy atom. The number of benzene rings is 1. The lowest BCUT2D eigenvalue weighted by atomic mass is 10.1. The zero-order chi connectivity index (χ0) is 17.6. The van der Waals surface area contributed by atoms with E-state index in [2.05, 4.69) is 9.47 Å². The molecule has 1 atom stereocenters. The Morgan fingerprint density at radius 1 is 1.30 bits per heavy atom. The molecule has 1 aromatic carbocycles. The van der Waals surface area contributed by atoms with Gasteiger partial charge in [0.1, 0.15) is 12.8 Å². The molecule has 0 fully saturated rings. The number of alkyl halides is 1. The van der Waals surface area contributed by atoms with Crippen LogP contribution in [0.25, 0.3) is 0 Å². The second-order valence-electron chi connectivity index (χ2n) is 4.63. The number of nitro groups is 2. The maximum absolute atomic E-state index is 12.6. The molecule has 0 bridgehead atoms. The Balaban J connectivity index is 3.28. The molecule has 0 aliphatic rings. The first-order chi connectivity index (χ1) is 10.8. The van der Waals surface area contributed by atoms with Crippen molar-refractivity contribution < 1.29 is 28.5 Å². The minimum Gasteiger partial charge on any atom is -0.431 e. The van der Waals surface area contributed by atoms with Gasteiger partial charge < -0.3 is 9.47 Å². The molecular formula is C13H15FN2O7. The van der Waals surface area contributed by atoms with Crippen LogP contribution in [0, 0.1) is 20.2 Å². The summed E-state index contributed by atoms with van der Waals surface area (Å²) in [6, 6.07) is 2.25. The smallest absolute Gasteiger partial charge is 0.431 e. The normalized spacial score (nSPS) is 11.6. The predicted molar refractivity (Wildman–Crippen MR) is 76.3 cm³/mol. The van der Waals surface area contributed by atoms with Gasteiger partial charge in [0, 0.05) is 11.6 Å². The van der Waals surface area contributed by atoms with E-state index in [9.17, 15) is 29.4 Å². The number of rotatable bonds is 7. The van der Waals surface area contributed by atoms with Gasteiger partial charge in [-0.1, -0.05) is 13.3 Å². The third-order valence-electron chi connectivity index (χ3n) is 2.71. The molecule has 10 heteroatoms. The maximum atomic E-state index is 12.6. The van der Waals surface area contributed by atoms with Crippen LogP contribution in [-0.4, -0.2) is 28.8 Å². The highest BCUT2D eigenvalue weighted by Crippen LogP contribution is 2.40. The first-order valence-electron chi connectivity index (χ1n) is 6.71. The van der Waals surface area contributed by atoms with Crippen molar-refractivity contribution >= 4 is 17.5 Å². The summed E-state index contributed by atoms with van der Waals surface area (Å²) in [5.74, 6) is -0.817. The molecule has 0 radical (unpaired) electrons. The van der Waals surface area contributed by atoms with Crippen molar-refractivity contribution in [1.82, 2.24) is 0 Å². The number of carbonyl (C=O) groups is 1. The van der Waals surface area contributed by atoms with Crippen LogP contribution in [0.2, 0.25) is 0 Å². The third kappa shape index (κ3) is 4.87. The van der Waals surface area contributed by atoms with Gasteiger partial charge in [-0.25, -0.2) is 9.18 Å². The number of ether oxygens (including phenoxy) is 2. The van der Waals surface area contributed by atoms with Gasteiger partial charge in [-0.2, -0.15) is 0 Å². The van der Waals surface area contributed by atoms with Crippen LogP contribution in [0.5, 0.6) is 5.75 Å². The topological polar surface area (TPSA) is 122 Å². The minimum atomic E-state index is -1.47. The van der Waals surface area contributed by atoms with Gasteiger partial charge in [0.25, 0.3) is 5.75 Å². The molecule has 126 valence electrons. The van der Waals surface area contributed by atoms with Crippen molar-refractivity contribution in [2.24, 2.45) is 0 Å². The van der Waals surface area contributed by atoms with Crippen molar-refractivity contribution in [3.05, 3.63) is 37.9 Å². The Labute approximate surface area is 130 Å². The summed E-state index contributed by atoms with van der Waals surface area (Å²) in [7, 11) is 0. The zero-order valence-corrected chi connectivity index (χ0v) is 12.5. The fourth-order valence-corrected chi connectivity index (χ4v) is 1.81. The second kappa shape index (κ2) is 8.01. The molecule has 0 heterocycles. The maximum Gasteiger partial charge on any atom is 0.514 e. The third-order valence-corrected chi connectivity index (χ3v) is 2.71. The van der Waals surface area contributed by atoms with Crippen molar-refractivity contribution in [3.63, 3.8) is 0 Å². The monoisotopic (exact) mass is 330 g/mol. The van der Waals surface area contributed by atoms with Crippen molar-refractivity contribution in [2.45, 2.75) is 32.9 Å².